The van der Waals surface area contributed by atoms with Gasteiger partial charge in [-0.3, -0.25) is 4.79 Å². The second-order valence-corrected chi connectivity index (χ2v) is 7.95. The largest absolute Gasteiger partial charge is 0.493 e. The zero-order valence-electron chi connectivity index (χ0n) is 18.8. The smallest absolute Gasteiger partial charge is 0.245 e. The molecular weight excluding hydrogens is 390 g/mol. The maximum atomic E-state index is 11.5. The predicted octanol–water partition coefficient (Wildman–Crippen LogP) is 4.32. The van der Waals surface area contributed by atoms with E-state index in [1.165, 1.54) is 12.7 Å². The van der Waals surface area contributed by atoms with Crippen molar-refractivity contribution in [3.05, 3.63) is 59.9 Å². The Morgan fingerprint density at radius 1 is 1.10 bits per heavy atom. The van der Waals surface area contributed by atoms with E-state index in [1.54, 1.807) is 0 Å². The normalized spacial score (nSPS) is 11.2. The first-order valence-electron chi connectivity index (χ1n) is 11.0. The van der Waals surface area contributed by atoms with Crippen LogP contribution in [0.25, 0.3) is 11.0 Å². The standard InChI is InChI=1S/C25H33N3O3/c1-19(2)20-10-4-7-13-23(20)31-17-9-16-28-22-12-6-5-11-21(22)27-24(28)14-8-15-26-25(29)18-30-3/h4-7,10-13,19H,8-9,14-18H2,1-3H3,(H,26,29). The van der Waals surface area contributed by atoms with Gasteiger partial charge < -0.3 is 19.4 Å². The number of hydrogen-bond acceptors (Lipinski definition) is 4. The van der Waals surface area contributed by atoms with Crippen molar-refractivity contribution in [1.82, 2.24) is 14.9 Å². The number of methoxy groups -OCH3 is 1. The molecule has 1 aromatic heterocycles. The number of benzene rings is 2. The lowest BCUT2D eigenvalue weighted by atomic mass is 10.0. The second-order valence-electron chi connectivity index (χ2n) is 7.95. The molecule has 1 amide bonds. The van der Waals surface area contributed by atoms with E-state index in [0.717, 1.165) is 48.4 Å². The van der Waals surface area contributed by atoms with Gasteiger partial charge >= 0.3 is 0 Å². The van der Waals surface area contributed by atoms with Gasteiger partial charge in [0, 0.05) is 26.6 Å². The number of carbonyl (C=O) groups is 1. The molecule has 0 unspecified atom stereocenters. The lowest BCUT2D eigenvalue weighted by Crippen LogP contribution is -2.28. The summed E-state index contributed by atoms with van der Waals surface area (Å²) in [5, 5.41) is 2.87. The zero-order chi connectivity index (χ0) is 22.1. The number of imidazole rings is 1. The molecule has 2 aromatic carbocycles. The van der Waals surface area contributed by atoms with Gasteiger partial charge in [0.25, 0.3) is 0 Å². The van der Waals surface area contributed by atoms with E-state index in [-0.39, 0.29) is 12.5 Å². The van der Waals surface area contributed by atoms with E-state index in [9.17, 15) is 4.79 Å². The summed E-state index contributed by atoms with van der Waals surface area (Å²) >= 11 is 0. The molecule has 166 valence electrons. The molecule has 0 radical (unpaired) electrons. The minimum Gasteiger partial charge on any atom is -0.493 e. The van der Waals surface area contributed by atoms with Crippen molar-refractivity contribution < 1.29 is 14.3 Å². The van der Waals surface area contributed by atoms with Gasteiger partial charge in [-0.2, -0.15) is 0 Å². The number of aromatic nitrogens is 2. The molecule has 31 heavy (non-hydrogen) atoms. The molecule has 0 saturated heterocycles. The number of nitrogens with zero attached hydrogens (tertiary/aromatic N) is 2. The topological polar surface area (TPSA) is 65.4 Å². The van der Waals surface area contributed by atoms with Crippen molar-refractivity contribution in [1.29, 1.82) is 0 Å². The van der Waals surface area contributed by atoms with Crippen LogP contribution in [0.3, 0.4) is 0 Å². The molecule has 3 aromatic rings. The van der Waals surface area contributed by atoms with Gasteiger partial charge in [-0.25, -0.2) is 4.98 Å². The third-order valence-electron chi connectivity index (χ3n) is 5.23. The number of carbonyl (C=O) groups excluding carboxylic acids is 1. The maximum Gasteiger partial charge on any atom is 0.245 e. The van der Waals surface area contributed by atoms with Crippen LogP contribution in [-0.2, 0) is 22.5 Å². The zero-order valence-corrected chi connectivity index (χ0v) is 18.8. The molecule has 1 heterocycles. The molecule has 6 nitrogen and oxygen atoms in total. The first-order chi connectivity index (χ1) is 15.1. The minimum absolute atomic E-state index is 0.0881. The fourth-order valence-electron chi connectivity index (χ4n) is 3.72. The van der Waals surface area contributed by atoms with Crippen LogP contribution in [0, 0.1) is 0 Å². The number of aryl methyl sites for hydroxylation is 2. The van der Waals surface area contributed by atoms with Crippen molar-refractivity contribution in [3.8, 4) is 5.75 Å². The minimum atomic E-state index is -0.0881. The van der Waals surface area contributed by atoms with Gasteiger partial charge in [0.2, 0.25) is 5.91 Å². The molecule has 6 heteroatoms. The van der Waals surface area contributed by atoms with Gasteiger partial charge in [0.05, 0.1) is 17.6 Å². The fraction of sp³-hybridized carbons (Fsp3) is 0.440. The summed E-state index contributed by atoms with van der Waals surface area (Å²) in [5.74, 6) is 2.37. The maximum absolute atomic E-state index is 11.5. The number of hydrogen-bond donors (Lipinski definition) is 1. The van der Waals surface area contributed by atoms with Gasteiger partial charge in [0.15, 0.2) is 0 Å². The Kier molecular flexibility index (Phi) is 8.47. The van der Waals surface area contributed by atoms with Crippen LogP contribution in [0.2, 0.25) is 0 Å². The van der Waals surface area contributed by atoms with Crippen LogP contribution in [0.4, 0.5) is 0 Å². The first kappa shape index (κ1) is 22.8. The monoisotopic (exact) mass is 423 g/mol. The van der Waals surface area contributed by atoms with Crippen LogP contribution in [0.1, 0.15) is 44.0 Å². The summed E-state index contributed by atoms with van der Waals surface area (Å²) < 4.78 is 13.2. The van der Waals surface area contributed by atoms with E-state index in [0.29, 0.717) is 19.1 Å². The molecule has 0 aliphatic carbocycles. The Morgan fingerprint density at radius 2 is 1.87 bits per heavy atom. The highest BCUT2D eigenvalue weighted by molar-refractivity contribution is 5.77. The molecule has 0 aliphatic heterocycles. The van der Waals surface area contributed by atoms with E-state index >= 15 is 0 Å². The molecule has 0 bridgehead atoms. The Morgan fingerprint density at radius 3 is 2.68 bits per heavy atom. The summed E-state index contributed by atoms with van der Waals surface area (Å²) in [6, 6.07) is 16.5. The Bertz CT molecular complexity index is 981. The molecular formula is C25H33N3O3. The van der Waals surface area contributed by atoms with Crippen molar-refractivity contribution >= 4 is 16.9 Å². The predicted molar refractivity (Wildman–Crippen MR) is 124 cm³/mol. The third-order valence-corrected chi connectivity index (χ3v) is 5.23. The second kappa shape index (κ2) is 11.5. The summed E-state index contributed by atoms with van der Waals surface area (Å²) in [7, 11) is 1.52. The highest BCUT2D eigenvalue weighted by Gasteiger charge is 2.11. The van der Waals surface area contributed by atoms with Crippen molar-refractivity contribution in [2.45, 2.75) is 45.6 Å². The quantitative estimate of drug-likeness (QED) is 0.441. The fourth-order valence-corrected chi connectivity index (χ4v) is 3.72. The van der Waals surface area contributed by atoms with Gasteiger partial charge in [-0.05, 0) is 42.5 Å². The van der Waals surface area contributed by atoms with Gasteiger partial charge in [0.1, 0.15) is 18.2 Å². The molecule has 1 N–H and O–H groups in total. The molecule has 0 aliphatic rings. The number of fused-ring (bicyclic) bond motifs is 1. The number of para-hydroxylation sites is 3. The summed E-state index contributed by atoms with van der Waals surface area (Å²) in [5.41, 5.74) is 3.39. The lowest BCUT2D eigenvalue weighted by Gasteiger charge is -2.14. The number of ether oxygens (including phenoxy) is 2. The molecule has 3 rings (SSSR count). The highest BCUT2D eigenvalue weighted by Crippen LogP contribution is 2.26. The van der Waals surface area contributed by atoms with Crippen LogP contribution < -0.4 is 10.1 Å². The Labute approximate surface area is 184 Å². The summed E-state index contributed by atoms with van der Waals surface area (Å²) in [6.07, 6.45) is 2.53. The number of rotatable bonds is 12. The Hall–Kier alpha value is -2.86. The van der Waals surface area contributed by atoms with E-state index in [2.05, 4.69) is 41.9 Å². The summed E-state index contributed by atoms with van der Waals surface area (Å²) in [4.78, 5) is 16.4. The molecule has 0 atom stereocenters. The van der Waals surface area contributed by atoms with Crippen LogP contribution in [0.15, 0.2) is 48.5 Å². The molecule has 0 saturated carbocycles. The number of amides is 1. The number of nitrogens with one attached hydrogen (secondary N) is 1. The van der Waals surface area contributed by atoms with Crippen LogP contribution >= 0.6 is 0 Å². The van der Waals surface area contributed by atoms with Crippen LogP contribution in [-0.4, -0.2) is 42.3 Å². The molecule has 0 spiro atoms. The third kappa shape index (κ3) is 6.31. The van der Waals surface area contributed by atoms with E-state index < -0.39 is 0 Å². The lowest BCUT2D eigenvalue weighted by molar-refractivity contribution is -0.124. The van der Waals surface area contributed by atoms with Crippen LogP contribution in [0.5, 0.6) is 5.75 Å². The highest BCUT2D eigenvalue weighted by atomic mass is 16.5. The Balaban J connectivity index is 1.59. The summed E-state index contributed by atoms with van der Waals surface area (Å²) in [6.45, 7) is 6.57. The SMILES string of the molecule is COCC(=O)NCCCc1nc2ccccc2n1CCCOc1ccccc1C(C)C. The average molecular weight is 424 g/mol. The van der Waals surface area contributed by atoms with Gasteiger partial charge in [-0.1, -0.05) is 44.2 Å². The average Bonchev–Trinajstić information content (AvgIpc) is 3.12. The first-order valence-corrected chi connectivity index (χ1v) is 11.0. The van der Waals surface area contributed by atoms with Crippen molar-refractivity contribution in [3.63, 3.8) is 0 Å². The van der Waals surface area contributed by atoms with E-state index in [1.807, 2.05) is 30.3 Å². The van der Waals surface area contributed by atoms with E-state index in [4.69, 9.17) is 14.5 Å². The van der Waals surface area contributed by atoms with Crippen molar-refractivity contribution in [2.24, 2.45) is 0 Å². The van der Waals surface area contributed by atoms with Crippen molar-refractivity contribution in [2.75, 3.05) is 26.9 Å². The van der Waals surface area contributed by atoms with Gasteiger partial charge in [-0.15, -0.1) is 0 Å². The molecule has 0 fully saturated rings.